The molecule has 5 nitrogen and oxygen atoms in total. The van der Waals surface area contributed by atoms with E-state index in [0.717, 1.165) is 60.8 Å². The fourth-order valence-electron chi connectivity index (χ4n) is 3.30. The maximum absolute atomic E-state index is 6.10. The molecular weight excluding hydrogens is 394 g/mol. The van der Waals surface area contributed by atoms with Gasteiger partial charge in [-0.05, 0) is 54.5 Å². The third kappa shape index (κ3) is 5.20. The molecule has 0 spiro atoms. The minimum absolute atomic E-state index is 0.743. The summed E-state index contributed by atoms with van der Waals surface area (Å²) < 4.78 is 10.6. The van der Waals surface area contributed by atoms with Crippen LogP contribution < -0.4 is 19.7 Å². The molecule has 0 aliphatic carbocycles. The van der Waals surface area contributed by atoms with E-state index in [4.69, 9.17) is 33.3 Å². The van der Waals surface area contributed by atoms with Gasteiger partial charge in [-0.1, -0.05) is 23.7 Å². The first-order chi connectivity index (χ1) is 13.6. The molecule has 1 N–H and O–H groups in total. The summed E-state index contributed by atoms with van der Waals surface area (Å²) in [6, 6.07) is 14.0. The Balaban J connectivity index is 1.45. The first-order valence-electron chi connectivity index (χ1n) is 9.35. The summed E-state index contributed by atoms with van der Waals surface area (Å²) in [6.45, 7) is 4.43. The molecule has 0 bridgehead atoms. The summed E-state index contributed by atoms with van der Waals surface area (Å²) in [6.07, 6.45) is 0.864. The second-order valence-corrected chi connectivity index (χ2v) is 7.45. The lowest BCUT2D eigenvalue weighted by molar-refractivity contribution is 0.354. The molecule has 0 aromatic heterocycles. The van der Waals surface area contributed by atoms with Crippen LogP contribution in [0.4, 0.5) is 5.69 Å². The summed E-state index contributed by atoms with van der Waals surface area (Å²) in [4.78, 5) is 4.57. The van der Waals surface area contributed by atoms with Gasteiger partial charge in [0.25, 0.3) is 0 Å². The SMILES string of the molecule is COc1ccc(CCNC(=S)N2CCN(c3cccc(Cl)c3)CC2)cc1OC. The second-order valence-electron chi connectivity index (χ2n) is 6.63. The number of piperazine rings is 1. The normalized spacial score (nSPS) is 14.0. The van der Waals surface area contributed by atoms with Gasteiger partial charge in [-0.2, -0.15) is 0 Å². The van der Waals surface area contributed by atoms with Crippen molar-refractivity contribution in [1.82, 2.24) is 10.2 Å². The van der Waals surface area contributed by atoms with E-state index in [9.17, 15) is 0 Å². The first-order valence-corrected chi connectivity index (χ1v) is 10.1. The number of nitrogens with one attached hydrogen (secondary N) is 1. The van der Waals surface area contributed by atoms with Crippen molar-refractivity contribution in [3.05, 3.63) is 53.1 Å². The molecule has 1 saturated heterocycles. The van der Waals surface area contributed by atoms with Crippen LogP contribution in [0.3, 0.4) is 0 Å². The lowest BCUT2D eigenvalue weighted by Crippen LogP contribution is -2.52. The predicted octanol–water partition coefficient (Wildman–Crippen LogP) is 3.60. The van der Waals surface area contributed by atoms with Gasteiger partial charge >= 0.3 is 0 Å². The van der Waals surface area contributed by atoms with Gasteiger partial charge in [0.15, 0.2) is 16.6 Å². The minimum atomic E-state index is 0.743. The van der Waals surface area contributed by atoms with Crippen LogP contribution in [0.2, 0.25) is 5.02 Å². The van der Waals surface area contributed by atoms with Crippen LogP contribution in [0, 0.1) is 0 Å². The number of rotatable bonds is 6. The molecular formula is C21H26ClN3O2S. The summed E-state index contributed by atoms with van der Waals surface area (Å²) in [5.74, 6) is 1.49. The van der Waals surface area contributed by atoms with Crippen LogP contribution in [-0.4, -0.2) is 57.0 Å². The van der Waals surface area contributed by atoms with E-state index in [2.05, 4.69) is 27.2 Å². The van der Waals surface area contributed by atoms with E-state index in [1.54, 1.807) is 14.2 Å². The van der Waals surface area contributed by atoms with Gasteiger partial charge < -0.3 is 24.6 Å². The number of anilines is 1. The molecule has 2 aromatic carbocycles. The van der Waals surface area contributed by atoms with Crippen molar-refractivity contribution in [3.8, 4) is 11.5 Å². The molecule has 0 amide bonds. The molecule has 1 fully saturated rings. The highest BCUT2D eigenvalue weighted by atomic mass is 35.5. The van der Waals surface area contributed by atoms with Crippen molar-refractivity contribution >= 4 is 34.6 Å². The molecule has 0 atom stereocenters. The Morgan fingerprint density at radius 1 is 1.04 bits per heavy atom. The van der Waals surface area contributed by atoms with Gasteiger partial charge in [0, 0.05) is 43.4 Å². The van der Waals surface area contributed by atoms with Gasteiger partial charge in [-0.25, -0.2) is 0 Å². The molecule has 28 heavy (non-hydrogen) atoms. The zero-order valence-electron chi connectivity index (χ0n) is 16.3. The van der Waals surface area contributed by atoms with Crippen LogP contribution in [0.15, 0.2) is 42.5 Å². The molecule has 0 unspecified atom stereocenters. The number of benzene rings is 2. The van der Waals surface area contributed by atoms with Crippen LogP contribution in [0.25, 0.3) is 0 Å². The van der Waals surface area contributed by atoms with E-state index in [0.29, 0.717) is 0 Å². The monoisotopic (exact) mass is 419 g/mol. The zero-order chi connectivity index (χ0) is 19.9. The molecule has 3 rings (SSSR count). The molecule has 2 aromatic rings. The van der Waals surface area contributed by atoms with E-state index >= 15 is 0 Å². The number of halogens is 1. The highest BCUT2D eigenvalue weighted by Crippen LogP contribution is 2.27. The molecule has 150 valence electrons. The standard InChI is InChI=1S/C21H26ClN3O2S/c1-26-19-7-6-16(14-20(19)27-2)8-9-23-21(28)25-12-10-24(11-13-25)18-5-3-4-17(22)15-18/h3-7,14-15H,8-13H2,1-2H3,(H,23,28). The van der Waals surface area contributed by atoms with Crippen molar-refractivity contribution in [3.63, 3.8) is 0 Å². The molecule has 0 saturated carbocycles. The number of methoxy groups -OCH3 is 2. The fourth-order valence-corrected chi connectivity index (χ4v) is 3.77. The maximum atomic E-state index is 6.10. The van der Waals surface area contributed by atoms with Crippen molar-refractivity contribution in [2.75, 3.05) is 51.8 Å². The predicted molar refractivity (Wildman–Crippen MR) is 119 cm³/mol. The van der Waals surface area contributed by atoms with Gasteiger partial charge in [0.2, 0.25) is 0 Å². The summed E-state index contributed by atoms with van der Waals surface area (Å²) in [7, 11) is 3.29. The van der Waals surface area contributed by atoms with Gasteiger partial charge in [0.05, 0.1) is 14.2 Å². The van der Waals surface area contributed by atoms with Crippen LogP contribution in [0.1, 0.15) is 5.56 Å². The molecule has 7 heteroatoms. The van der Waals surface area contributed by atoms with Gasteiger partial charge in [-0.15, -0.1) is 0 Å². The summed E-state index contributed by atoms with van der Waals surface area (Å²) in [5, 5.41) is 4.96. The second kappa shape index (κ2) is 9.85. The Bertz CT molecular complexity index is 810. The van der Waals surface area contributed by atoms with Gasteiger partial charge in [-0.3, -0.25) is 0 Å². The number of nitrogens with zero attached hydrogens (tertiary/aromatic N) is 2. The highest BCUT2D eigenvalue weighted by molar-refractivity contribution is 7.80. The average molecular weight is 420 g/mol. The topological polar surface area (TPSA) is 37.0 Å². The number of thiocarbonyl (C=S) groups is 1. The Hall–Kier alpha value is -2.18. The Kier molecular flexibility index (Phi) is 7.23. The average Bonchev–Trinajstić information content (AvgIpc) is 2.73. The highest BCUT2D eigenvalue weighted by Gasteiger charge is 2.19. The quantitative estimate of drug-likeness (QED) is 0.721. The van der Waals surface area contributed by atoms with E-state index in [1.165, 1.54) is 11.3 Å². The van der Waals surface area contributed by atoms with E-state index < -0.39 is 0 Å². The smallest absolute Gasteiger partial charge is 0.169 e. The fraction of sp³-hybridized carbons (Fsp3) is 0.381. The van der Waals surface area contributed by atoms with E-state index in [1.807, 2.05) is 30.3 Å². The van der Waals surface area contributed by atoms with E-state index in [-0.39, 0.29) is 0 Å². The van der Waals surface area contributed by atoms with Crippen LogP contribution >= 0.6 is 23.8 Å². The Labute approximate surface area is 177 Å². The number of hydrogen-bond donors (Lipinski definition) is 1. The maximum Gasteiger partial charge on any atom is 0.169 e. The van der Waals surface area contributed by atoms with Crippen molar-refractivity contribution in [2.45, 2.75) is 6.42 Å². The summed E-state index contributed by atoms with van der Waals surface area (Å²) in [5.41, 5.74) is 2.35. The van der Waals surface area contributed by atoms with Crippen molar-refractivity contribution in [2.24, 2.45) is 0 Å². The number of ether oxygens (including phenoxy) is 2. The Morgan fingerprint density at radius 3 is 2.46 bits per heavy atom. The van der Waals surface area contributed by atoms with Crippen molar-refractivity contribution in [1.29, 1.82) is 0 Å². The van der Waals surface area contributed by atoms with Crippen LogP contribution in [0.5, 0.6) is 11.5 Å². The first kappa shape index (κ1) is 20.6. The molecule has 1 aliphatic rings. The largest absolute Gasteiger partial charge is 0.493 e. The third-order valence-corrected chi connectivity index (χ3v) is 5.52. The molecule has 0 radical (unpaired) electrons. The lowest BCUT2D eigenvalue weighted by atomic mass is 10.1. The molecule has 1 heterocycles. The molecule has 1 aliphatic heterocycles. The van der Waals surface area contributed by atoms with Crippen LogP contribution in [-0.2, 0) is 6.42 Å². The zero-order valence-corrected chi connectivity index (χ0v) is 17.9. The summed E-state index contributed by atoms with van der Waals surface area (Å²) >= 11 is 11.7. The third-order valence-electron chi connectivity index (χ3n) is 4.88. The lowest BCUT2D eigenvalue weighted by Gasteiger charge is -2.37. The minimum Gasteiger partial charge on any atom is -0.493 e. The Morgan fingerprint density at radius 2 is 1.79 bits per heavy atom. The van der Waals surface area contributed by atoms with Gasteiger partial charge in [0.1, 0.15) is 0 Å². The van der Waals surface area contributed by atoms with Crippen molar-refractivity contribution < 1.29 is 9.47 Å². The number of hydrogen-bond acceptors (Lipinski definition) is 4.